The molecule has 0 spiro atoms. The summed E-state index contributed by atoms with van der Waals surface area (Å²) < 4.78 is 31.9. The summed E-state index contributed by atoms with van der Waals surface area (Å²) in [5.74, 6) is -2.82. The van der Waals surface area contributed by atoms with Gasteiger partial charge in [0.15, 0.2) is 0 Å². The monoisotopic (exact) mass is 461 g/mol. The molecule has 1 atom stereocenters. The lowest BCUT2D eigenvalue weighted by Gasteiger charge is -2.17. The van der Waals surface area contributed by atoms with Gasteiger partial charge in [0.2, 0.25) is 0 Å². The summed E-state index contributed by atoms with van der Waals surface area (Å²) in [7, 11) is 1.22. The zero-order valence-electron chi connectivity index (χ0n) is 18.2. The first-order valence-electron chi connectivity index (χ1n) is 10.5. The van der Waals surface area contributed by atoms with Crippen molar-refractivity contribution in [3.8, 4) is 16.9 Å². The highest BCUT2D eigenvalue weighted by Gasteiger charge is 2.24. The molecule has 172 valence electrons. The number of halogens is 2. The van der Waals surface area contributed by atoms with E-state index in [4.69, 9.17) is 4.74 Å². The Hall–Kier alpha value is -4.26. The number of hydrogen-bond donors (Lipinski definition) is 2. The molecule has 7 heteroatoms. The second-order valence-electron chi connectivity index (χ2n) is 7.82. The summed E-state index contributed by atoms with van der Waals surface area (Å²) in [4.78, 5) is 25.2. The number of fused-ring (bicyclic) bond motifs is 1. The van der Waals surface area contributed by atoms with Crippen LogP contribution in [0.5, 0.6) is 5.75 Å². The number of phenolic OH excluding ortho intramolecular Hbond substituents is 1. The van der Waals surface area contributed by atoms with E-state index in [1.165, 1.54) is 25.3 Å². The minimum Gasteiger partial charge on any atom is -0.507 e. The first-order chi connectivity index (χ1) is 16.3. The van der Waals surface area contributed by atoms with Crippen molar-refractivity contribution in [2.45, 2.75) is 12.5 Å². The average molecular weight is 461 g/mol. The van der Waals surface area contributed by atoms with E-state index in [-0.39, 0.29) is 17.7 Å². The second-order valence-corrected chi connectivity index (χ2v) is 7.82. The number of esters is 1. The van der Waals surface area contributed by atoms with Gasteiger partial charge in [-0.3, -0.25) is 4.79 Å². The molecule has 2 N–H and O–H groups in total. The van der Waals surface area contributed by atoms with Crippen LogP contribution < -0.4 is 5.32 Å². The molecule has 0 bridgehead atoms. The van der Waals surface area contributed by atoms with Gasteiger partial charge < -0.3 is 15.2 Å². The maximum absolute atomic E-state index is 13.5. The Morgan fingerprint density at radius 2 is 1.50 bits per heavy atom. The standard InChI is InChI=1S/C27H21F2NO4/c1-34-27(33)24(30-26(32)23-13-18-4-2-3-5-19(18)14-25(23)31)10-16-6-8-17(9-7-16)20-11-21(28)15-22(29)12-20/h2-9,11-15,24,31H,10H2,1H3,(H,30,32)/t24-/m0/s1. The summed E-state index contributed by atoms with van der Waals surface area (Å²) in [5.41, 5.74) is 1.71. The van der Waals surface area contributed by atoms with Crippen molar-refractivity contribution in [1.29, 1.82) is 0 Å². The molecule has 0 heterocycles. The van der Waals surface area contributed by atoms with Crippen molar-refractivity contribution in [2.75, 3.05) is 7.11 Å². The van der Waals surface area contributed by atoms with Crippen LogP contribution in [0.3, 0.4) is 0 Å². The highest BCUT2D eigenvalue weighted by molar-refractivity contribution is 6.02. The molecule has 0 aromatic heterocycles. The van der Waals surface area contributed by atoms with Gasteiger partial charge in [-0.15, -0.1) is 0 Å². The number of benzene rings is 4. The lowest BCUT2D eigenvalue weighted by atomic mass is 10.00. The quantitative estimate of drug-likeness (QED) is 0.396. The average Bonchev–Trinajstić information content (AvgIpc) is 2.82. The molecule has 5 nitrogen and oxygen atoms in total. The molecule has 0 unspecified atom stereocenters. The zero-order chi connectivity index (χ0) is 24.2. The topological polar surface area (TPSA) is 75.6 Å². The number of carbonyl (C=O) groups is 2. The third-order valence-corrected chi connectivity index (χ3v) is 5.49. The SMILES string of the molecule is COC(=O)[C@H](Cc1ccc(-c2cc(F)cc(F)c2)cc1)NC(=O)c1cc2ccccc2cc1O. The van der Waals surface area contributed by atoms with Gasteiger partial charge in [0, 0.05) is 12.5 Å². The Bertz CT molecular complexity index is 1350. The van der Waals surface area contributed by atoms with Gasteiger partial charge in [-0.1, -0.05) is 48.5 Å². The maximum atomic E-state index is 13.5. The summed E-state index contributed by atoms with van der Waals surface area (Å²) in [6.45, 7) is 0. The van der Waals surface area contributed by atoms with Crippen LogP contribution in [0.4, 0.5) is 8.78 Å². The number of nitrogens with one attached hydrogen (secondary N) is 1. The molecule has 0 aliphatic carbocycles. The van der Waals surface area contributed by atoms with E-state index in [0.717, 1.165) is 16.8 Å². The number of carbonyl (C=O) groups excluding carboxylic acids is 2. The van der Waals surface area contributed by atoms with E-state index in [2.05, 4.69) is 5.32 Å². The number of ether oxygens (including phenoxy) is 1. The van der Waals surface area contributed by atoms with Crippen LogP contribution in [0.2, 0.25) is 0 Å². The van der Waals surface area contributed by atoms with E-state index in [1.54, 1.807) is 30.3 Å². The second kappa shape index (κ2) is 9.70. The van der Waals surface area contributed by atoms with Gasteiger partial charge in [0.25, 0.3) is 5.91 Å². The third kappa shape index (κ3) is 5.04. The van der Waals surface area contributed by atoms with Crippen molar-refractivity contribution >= 4 is 22.6 Å². The van der Waals surface area contributed by atoms with Gasteiger partial charge in [0.1, 0.15) is 23.4 Å². The first kappa shape index (κ1) is 22.9. The van der Waals surface area contributed by atoms with Crippen LogP contribution in [0.1, 0.15) is 15.9 Å². The fourth-order valence-corrected chi connectivity index (χ4v) is 3.77. The van der Waals surface area contributed by atoms with Gasteiger partial charge in [-0.2, -0.15) is 0 Å². The predicted molar refractivity (Wildman–Crippen MR) is 124 cm³/mol. The number of methoxy groups -OCH3 is 1. The fraction of sp³-hybridized carbons (Fsp3) is 0.111. The largest absolute Gasteiger partial charge is 0.507 e. The van der Waals surface area contributed by atoms with E-state index >= 15 is 0 Å². The molecule has 0 aliphatic rings. The highest BCUT2D eigenvalue weighted by atomic mass is 19.1. The van der Waals surface area contributed by atoms with Crippen LogP contribution in [0, 0.1) is 11.6 Å². The van der Waals surface area contributed by atoms with Crippen molar-refractivity contribution < 1.29 is 28.2 Å². The number of aromatic hydroxyl groups is 1. The third-order valence-electron chi connectivity index (χ3n) is 5.49. The van der Waals surface area contributed by atoms with Crippen LogP contribution in [0.15, 0.2) is 78.9 Å². The lowest BCUT2D eigenvalue weighted by molar-refractivity contribution is -0.142. The summed E-state index contributed by atoms with van der Waals surface area (Å²) in [5, 5.41) is 14.5. The number of amides is 1. The van der Waals surface area contributed by atoms with E-state index in [9.17, 15) is 23.5 Å². The molecule has 0 aliphatic heterocycles. The maximum Gasteiger partial charge on any atom is 0.328 e. The van der Waals surface area contributed by atoms with Crippen LogP contribution in [0.25, 0.3) is 21.9 Å². The minimum atomic E-state index is -1.01. The molecule has 1 amide bonds. The number of hydrogen-bond acceptors (Lipinski definition) is 4. The Balaban J connectivity index is 1.54. The fourth-order valence-electron chi connectivity index (χ4n) is 3.77. The smallest absolute Gasteiger partial charge is 0.328 e. The van der Waals surface area contributed by atoms with Crippen molar-refractivity contribution in [2.24, 2.45) is 0 Å². The molecule has 0 radical (unpaired) electrons. The molecule has 4 rings (SSSR count). The van der Waals surface area contributed by atoms with E-state index in [1.807, 2.05) is 24.3 Å². The molecule has 0 fully saturated rings. The molecule has 0 saturated heterocycles. The van der Waals surface area contributed by atoms with Crippen LogP contribution in [-0.2, 0) is 16.0 Å². The highest BCUT2D eigenvalue weighted by Crippen LogP contribution is 2.26. The Kier molecular flexibility index (Phi) is 6.54. The Morgan fingerprint density at radius 1 is 0.882 bits per heavy atom. The van der Waals surface area contributed by atoms with E-state index < -0.39 is 29.6 Å². The predicted octanol–water partition coefficient (Wildman–Crippen LogP) is 5.00. The zero-order valence-corrected chi connectivity index (χ0v) is 18.2. The Labute approximate surface area is 194 Å². The van der Waals surface area contributed by atoms with Gasteiger partial charge in [0.05, 0.1) is 12.7 Å². The van der Waals surface area contributed by atoms with Crippen molar-refractivity contribution in [3.05, 3.63) is 102 Å². The van der Waals surface area contributed by atoms with Gasteiger partial charge in [-0.25, -0.2) is 13.6 Å². The molecule has 4 aromatic carbocycles. The molecular formula is C27H21F2NO4. The number of phenols is 1. The summed E-state index contributed by atoms with van der Waals surface area (Å²) >= 11 is 0. The van der Waals surface area contributed by atoms with Gasteiger partial charge in [-0.05, 0) is 51.7 Å². The normalized spacial score (nSPS) is 11.7. The van der Waals surface area contributed by atoms with Crippen molar-refractivity contribution in [3.63, 3.8) is 0 Å². The van der Waals surface area contributed by atoms with Crippen LogP contribution >= 0.6 is 0 Å². The molecular weight excluding hydrogens is 440 g/mol. The van der Waals surface area contributed by atoms with Gasteiger partial charge >= 0.3 is 5.97 Å². The minimum absolute atomic E-state index is 0.0380. The molecule has 0 saturated carbocycles. The lowest BCUT2D eigenvalue weighted by Crippen LogP contribution is -2.43. The summed E-state index contributed by atoms with van der Waals surface area (Å²) in [6, 6.07) is 19.3. The molecule has 4 aromatic rings. The number of rotatable bonds is 6. The van der Waals surface area contributed by atoms with Crippen molar-refractivity contribution in [1.82, 2.24) is 5.32 Å². The van der Waals surface area contributed by atoms with Crippen LogP contribution in [-0.4, -0.2) is 30.1 Å². The summed E-state index contributed by atoms with van der Waals surface area (Å²) in [6.07, 6.45) is 0.116. The van der Waals surface area contributed by atoms with E-state index in [0.29, 0.717) is 16.7 Å². The first-order valence-corrected chi connectivity index (χ1v) is 10.5. The molecule has 34 heavy (non-hydrogen) atoms. The Morgan fingerprint density at radius 3 is 2.12 bits per heavy atom.